The molecule has 1 aliphatic carbocycles. The summed E-state index contributed by atoms with van der Waals surface area (Å²) in [5.74, 6) is 1.25. The molecule has 0 heterocycles. The number of nitrogens with two attached hydrogens (primary N) is 1. The SMILES string of the molecule is CCCOc1ccc(C(=O)NC2CCC(N)CC2)cc1OCC. The van der Waals surface area contributed by atoms with Crippen molar-refractivity contribution in [3.05, 3.63) is 23.8 Å². The van der Waals surface area contributed by atoms with Gasteiger partial charge in [-0.25, -0.2) is 0 Å². The topological polar surface area (TPSA) is 73.6 Å². The Morgan fingerprint density at radius 2 is 1.91 bits per heavy atom. The van der Waals surface area contributed by atoms with E-state index in [0.29, 0.717) is 30.3 Å². The summed E-state index contributed by atoms with van der Waals surface area (Å²) in [5, 5.41) is 3.10. The number of nitrogens with one attached hydrogen (secondary N) is 1. The van der Waals surface area contributed by atoms with Gasteiger partial charge < -0.3 is 20.5 Å². The first-order valence-electron chi connectivity index (χ1n) is 8.60. The molecule has 0 aliphatic heterocycles. The first-order chi connectivity index (χ1) is 11.1. The molecule has 5 nitrogen and oxygen atoms in total. The van der Waals surface area contributed by atoms with Gasteiger partial charge in [0.25, 0.3) is 5.91 Å². The van der Waals surface area contributed by atoms with E-state index in [4.69, 9.17) is 15.2 Å². The van der Waals surface area contributed by atoms with Gasteiger partial charge in [0.15, 0.2) is 11.5 Å². The molecule has 1 aromatic carbocycles. The molecule has 0 saturated heterocycles. The molecular formula is C18H28N2O3. The van der Waals surface area contributed by atoms with Gasteiger partial charge in [0.05, 0.1) is 13.2 Å². The van der Waals surface area contributed by atoms with Crippen molar-refractivity contribution in [2.24, 2.45) is 5.73 Å². The largest absolute Gasteiger partial charge is 0.490 e. The highest BCUT2D eigenvalue weighted by Crippen LogP contribution is 2.29. The van der Waals surface area contributed by atoms with Crippen LogP contribution in [0.25, 0.3) is 0 Å². The van der Waals surface area contributed by atoms with Crippen LogP contribution in [0.1, 0.15) is 56.3 Å². The second-order valence-electron chi connectivity index (χ2n) is 6.03. The maximum absolute atomic E-state index is 12.4. The second kappa shape index (κ2) is 8.77. The lowest BCUT2D eigenvalue weighted by molar-refractivity contribution is 0.0925. The van der Waals surface area contributed by atoms with E-state index in [1.807, 2.05) is 13.0 Å². The van der Waals surface area contributed by atoms with Gasteiger partial charge in [-0.15, -0.1) is 0 Å². The molecular weight excluding hydrogens is 292 g/mol. The predicted molar refractivity (Wildman–Crippen MR) is 91.1 cm³/mol. The van der Waals surface area contributed by atoms with Gasteiger partial charge in [-0.1, -0.05) is 6.92 Å². The number of hydrogen-bond donors (Lipinski definition) is 2. The molecule has 5 heteroatoms. The normalized spacial score (nSPS) is 20.8. The van der Waals surface area contributed by atoms with Crippen molar-refractivity contribution in [2.75, 3.05) is 13.2 Å². The van der Waals surface area contributed by atoms with Crippen molar-refractivity contribution in [2.45, 2.75) is 58.0 Å². The Bertz CT molecular complexity index is 511. The highest BCUT2D eigenvalue weighted by molar-refractivity contribution is 5.95. The van der Waals surface area contributed by atoms with Crippen LogP contribution in [0, 0.1) is 0 Å². The first kappa shape index (κ1) is 17.6. The Kier molecular flexibility index (Phi) is 6.71. The molecule has 23 heavy (non-hydrogen) atoms. The fraction of sp³-hybridized carbons (Fsp3) is 0.611. The van der Waals surface area contributed by atoms with Crippen molar-refractivity contribution in [3.63, 3.8) is 0 Å². The number of carbonyl (C=O) groups excluding carboxylic acids is 1. The van der Waals surface area contributed by atoms with Gasteiger partial charge in [0.2, 0.25) is 0 Å². The van der Waals surface area contributed by atoms with E-state index in [1.54, 1.807) is 12.1 Å². The molecule has 0 bridgehead atoms. The third kappa shape index (κ3) is 5.13. The van der Waals surface area contributed by atoms with Crippen LogP contribution in [-0.4, -0.2) is 31.2 Å². The fourth-order valence-corrected chi connectivity index (χ4v) is 2.78. The summed E-state index contributed by atoms with van der Waals surface area (Å²) in [4.78, 5) is 12.4. The van der Waals surface area contributed by atoms with Gasteiger partial charge in [0, 0.05) is 17.6 Å². The number of hydrogen-bond acceptors (Lipinski definition) is 4. The molecule has 2 rings (SSSR count). The van der Waals surface area contributed by atoms with Crippen LogP contribution in [-0.2, 0) is 0 Å². The van der Waals surface area contributed by atoms with Crippen LogP contribution in [0.2, 0.25) is 0 Å². The molecule has 0 unspecified atom stereocenters. The summed E-state index contributed by atoms with van der Waals surface area (Å²) in [5.41, 5.74) is 6.51. The van der Waals surface area contributed by atoms with E-state index in [0.717, 1.165) is 32.1 Å². The van der Waals surface area contributed by atoms with Gasteiger partial charge in [-0.2, -0.15) is 0 Å². The molecule has 1 saturated carbocycles. The summed E-state index contributed by atoms with van der Waals surface area (Å²) in [6, 6.07) is 5.86. The van der Waals surface area contributed by atoms with Crippen LogP contribution in [0.3, 0.4) is 0 Å². The van der Waals surface area contributed by atoms with Crippen molar-refractivity contribution in [1.82, 2.24) is 5.32 Å². The monoisotopic (exact) mass is 320 g/mol. The predicted octanol–water partition coefficient (Wildman–Crippen LogP) is 2.87. The molecule has 1 aliphatic rings. The van der Waals surface area contributed by atoms with Crippen LogP contribution in [0.4, 0.5) is 0 Å². The maximum Gasteiger partial charge on any atom is 0.251 e. The number of carbonyl (C=O) groups is 1. The Balaban J connectivity index is 2.03. The number of rotatable bonds is 7. The van der Waals surface area contributed by atoms with Gasteiger partial charge in [-0.05, 0) is 57.2 Å². The zero-order valence-corrected chi connectivity index (χ0v) is 14.1. The molecule has 1 amide bonds. The van der Waals surface area contributed by atoms with Crippen LogP contribution in [0.15, 0.2) is 18.2 Å². The lowest BCUT2D eigenvalue weighted by atomic mass is 9.91. The summed E-state index contributed by atoms with van der Waals surface area (Å²) in [7, 11) is 0. The third-order valence-electron chi connectivity index (χ3n) is 4.07. The van der Waals surface area contributed by atoms with Gasteiger partial charge in [0.1, 0.15) is 0 Å². The van der Waals surface area contributed by atoms with Crippen LogP contribution < -0.4 is 20.5 Å². The maximum atomic E-state index is 12.4. The molecule has 128 valence electrons. The molecule has 1 fully saturated rings. The highest BCUT2D eigenvalue weighted by Gasteiger charge is 2.21. The number of ether oxygens (including phenoxy) is 2. The standard InChI is InChI=1S/C18H28N2O3/c1-3-11-23-16-10-5-13(12-17(16)22-4-2)18(21)20-15-8-6-14(19)7-9-15/h5,10,12,14-15H,3-4,6-9,11,19H2,1-2H3,(H,20,21). The number of amides is 1. The van der Waals surface area contributed by atoms with E-state index >= 15 is 0 Å². The zero-order valence-electron chi connectivity index (χ0n) is 14.1. The lowest BCUT2D eigenvalue weighted by Gasteiger charge is -2.26. The molecule has 1 aromatic rings. The van der Waals surface area contributed by atoms with Crippen molar-refractivity contribution in [3.8, 4) is 11.5 Å². The third-order valence-corrected chi connectivity index (χ3v) is 4.07. The van der Waals surface area contributed by atoms with E-state index in [1.165, 1.54) is 0 Å². The van der Waals surface area contributed by atoms with Gasteiger partial charge in [-0.3, -0.25) is 4.79 Å². The first-order valence-corrected chi connectivity index (χ1v) is 8.60. The minimum Gasteiger partial charge on any atom is -0.490 e. The molecule has 0 spiro atoms. The lowest BCUT2D eigenvalue weighted by Crippen LogP contribution is -2.40. The average Bonchev–Trinajstić information content (AvgIpc) is 2.56. The number of benzene rings is 1. The quantitative estimate of drug-likeness (QED) is 0.810. The Morgan fingerprint density at radius 1 is 1.17 bits per heavy atom. The highest BCUT2D eigenvalue weighted by atomic mass is 16.5. The Morgan fingerprint density at radius 3 is 2.57 bits per heavy atom. The molecule has 0 atom stereocenters. The molecule has 3 N–H and O–H groups in total. The van der Waals surface area contributed by atoms with Gasteiger partial charge >= 0.3 is 0 Å². The van der Waals surface area contributed by atoms with E-state index in [-0.39, 0.29) is 18.0 Å². The minimum absolute atomic E-state index is 0.0616. The van der Waals surface area contributed by atoms with Crippen molar-refractivity contribution >= 4 is 5.91 Å². The fourth-order valence-electron chi connectivity index (χ4n) is 2.78. The summed E-state index contributed by atoms with van der Waals surface area (Å²) in [6.07, 6.45) is 4.77. The minimum atomic E-state index is -0.0616. The summed E-state index contributed by atoms with van der Waals surface area (Å²) >= 11 is 0. The van der Waals surface area contributed by atoms with Crippen LogP contribution in [0.5, 0.6) is 11.5 Å². The van der Waals surface area contributed by atoms with E-state index in [2.05, 4.69) is 12.2 Å². The van der Waals surface area contributed by atoms with E-state index in [9.17, 15) is 4.79 Å². The van der Waals surface area contributed by atoms with Crippen molar-refractivity contribution in [1.29, 1.82) is 0 Å². The molecule has 0 radical (unpaired) electrons. The second-order valence-corrected chi connectivity index (χ2v) is 6.03. The Hall–Kier alpha value is -1.75. The molecule has 0 aromatic heterocycles. The summed E-state index contributed by atoms with van der Waals surface area (Å²) in [6.45, 7) is 5.14. The average molecular weight is 320 g/mol. The smallest absolute Gasteiger partial charge is 0.251 e. The van der Waals surface area contributed by atoms with E-state index < -0.39 is 0 Å². The zero-order chi connectivity index (χ0) is 16.7. The van der Waals surface area contributed by atoms with Crippen LogP contribution >= 0.6 is 0 Å². The van der Waals surface area contributed by atoms with Crippen molar-refractivity contribution < 1.29 is 14.3 Å². The summed E-state index contributed by atoms with van der Waals surface area (Å²) < 4.78 is 11.3. The Labute approximate surface area is 138 Å².